The Kier molecular flexibility index (Phi) is 1.46. The Morgan fingerprint density at radius 2 is 2.30 bits per heavy atom. The Morgan fingerprint density at radius 3 is 2.70 bits per heavy atom. The van der Waals surface area contributed by atoms with E-state index in [0.29, 0.717) is 5.54 Å². The zero-order valence-corrected chi connectivity index (χ0v) is 6.52. The summed E-state index contributed by atoms with van der Waals surface area (Å²) in [7, 11) is 0. The lowest BCUT2D eigenvalue weighted by Crippen LogP contribution is -2.63. The summed E-state index contributed by atoms with van der Waals surface area (Å²) in [5.41, 5.74) is 0.400. The van der Waals surface area contributed by atoms with E-state index in [-0.39, 0.29) is 0 Å². The third-order valence-electron chi connectivity index (χ3n) is 2.63. The molecule has 2 nitrogen and oxygen atoms in total. The van der Waals surface area contributed by atoms with Crippen molar-refractivity contribution in [3.63, 3.8) is 0 Å². The standard InChI is InChI=1S/C8H15NO/c1-7-2-3-9-8(4-7)5-10-6-8/h7,9H,2-6H2,1H3/t7-/m1/s1. The summed E-state index contributed by atoms with van der Waals surface area (Å²) in [6, 6.07) is 0. The van der Waals surface area contributed by atoms with Crippen LogP contribution < -0.4 is 5.32 Å². The van der Waals surface area contributed by atoms with Crippen LogP contribution in [0.3, 0.4) is 0 Å². The van der Waals surface area contributed by atoms with Crippen LogP contribution in [-0.2, 0) is 4.74 Å². The predicted molar refractivity (Wildman–Crippen MR) is 40.0 cm³/mol. The molecule has 2 fully saturated rings. The fourth-order valence-electron chi connectivity index (χ4n) is 1.99. The fourth-order valence-corrected chi connectivity index (χ4v) is 1.99. The van der Waals surface area contributed by atoms with Gasteiger partial charge in [-0.15, -0.1) is 0 Å². The third kappa shape index (κ3) is 0.956. The van der Waals surface area contributed by atoms with Crippen molar-refractivity contribution in [2.45, 2.75) is 25.3 Å². The highest BCUT2D eigenvalue weighted by atomic mass is 16.5. The van der Waals surface area contributed by atoms with Gasteiger partial charge in [-0.1, -0.05) is 6.92 Å². The van der Waals surface area contributed by atoms with E-state index in [1.165, 1.54) is 19.4 Å². The number of rotatable bonds is 0. The van der Waals surface area contributed by atoms with Crippen LogP contribution in [-0.4, -0.2) is 25.3 Å². The van der Waals surface area contributed by atoms with Crippen molar-refractivity contribution in [3.05, 3.63) is 0 Å². The highest BCUT2D eigenvalue weighted by molar-refractivity contribution is 4.97. The average Bonchev–Trinajstić information content (AvgIpc) is 1.85. The van der Waals surface area contributed by atoms with Gasteiger partial charge in [-0.05, 0) is 25.3 Å². The quantitative estimate of drug-likeness (QED) is 0.538. The Hall–Kier alpha value is -0.0800. The van der Waals surface area contributed by atoms with E-state index in [2.05, 4.69) is 12.2 Å². The molecule has 2 aliphatic rings. The first-order valence-electron chi connectivity index (χ1n) is 4.14. The molecule has 2 heteroatoms. The average molecular weight is 141 g/mol. The minimum atomic E-state index is 0.400. The lowest BCUT2D eigenvalue weighted by atomic mass is 9.81. The van der Waals surface area contributed by atoms with Crippen LogP contribution in [0.2, 0.25) is 0 Å². The molecule has 2 rings (SSSR count). The van der Waals surface area contributed by atoms with Crippen molar-refractivity contribution in [1.82, 2.24) is 5.32 Å². The van der Waals surface area contributed by atoms with Gasteiger partial charge < -0.3 is 10.1 Å². The van der Waals surface area contributed by atoms with Crippen LogP contribution in [0.25, 0.3) is 0 Å². The van der Waals surface area contributed by atoms with E-state index in [0.717, 1.165) is 19.1 Å². The van der Waals surface area contributed by atoms with Crippen LogP contribution in [0.15, 0.2) is 0 Å². The Bertz CT molecular complexity index is 131. The first-order valence-corrected chi connectivity index (χ1v) is 4.14. The van der Waals surface area contributed by atoms with Gasteiger partial charge in [0.05, 0.1) is 18.8 Å². The van der Waals surface area contributed by atoms with Gasteiger partial charge in [0.15, 0.2) is 0 Å². The normalized spacial score (nSPS) is 37.5. The highest BCUT2D eigenvalue weighted by Crippen LogP contribution is 2.29. The molecule has 0 aromatic heterocycles. The zero-order chi connectivity index (χ0) is 7.03. The predicted octanol–water partition coefficient (Wildman–Crippen LogP) is 0.775. The van der Waals surface area contributed by atoms with E-state index in [4.69, 9.17) is 4.74 Å². The van der Waals surface area contributed by atoms with Gasteiger partial charge in [0, 0.05) is 0 Å². The monoisotopic (exact) mass is 141 g/mol. The number of hydrogen-bond donors (Lipinski definition) is 1. The smallest absolute Gasteiger partial charge is 0.0672 e. The third-order valence-corrected chi connectivity index (χ3v) is 2.63. The lowest BCUT2D eigenvalue weighted by Gasteiger charge is -2.47. The molecule has 58 valence electrons. The van der Waals surface area contributed by atoms with Gasteiger partial charge in [-0.2, -0.15) is 0 Å². The minimum Gasteiger partial charge on any atom is -0.377 e. The summed E-state index contributed by atoms with van der Waals surface area (Å²) in [6.07, 6.45) is 2.65. The summed E-state index contributed by atoms with van der Waals surface area (Å²) >= 11 is 0. The second-order valence-corrected chi connectivity index (χ2v) is 3.80. The summed E-state index contributed by atoms with van der Waals surface area (Å²) < 4.78 is 5.20. The molecule has 1 atom stereocenters. The van der Waals surface area contributed by atoms with Crippen molar-refractivity contribution >= 4 is 0 Å². The van der Waals surface area contributed by atoms with Crippen LogP contribution in [0.1, 0.15) is 19.8 Å². The van der Waals surface area contributed by atoms with Gasteiger partial charge in [0.2, 0.25) is 0 Å². The molecule has 2 heterocycles. The second kappa shape index (κ2) is 2.21. The highest BCUT2D eigenvalue weighted by Gasteiger charge is 2.41. The maximum atomic E-state index is 5.20. The molecule has 0 aliphatic carbocycles. The van der Waals surface area contributed by atoms with Crippen LogP contribution in [0.4, 0.5) is 0 Å². The van der Waals surface area contributed by atoms with Crippen LogP contribution in [0.5, 0.6) is 0 Å². The molecule has 0 radical (unpaired) electrons. The van der Waals surface area contributed by atoms with E-state index >= 15 is 0 Å². The first kappa shape index (κ1) is 6.62. The molecule has 1 N–H and O–H groups in total. The second-order valence-electron chi connectivity index (χ2n) is 3.80. The topological polar surface area (TPSA) is 21.3 Å². The number of nitrogens with one attached hydrogen (secondary N) is 1. The number of ether oxygens (including phenoxy) is 1. The maximum absolute atomic E-state index is 5.20. The Balaban J connectivity index is 1.96. The Morgan fingerprint density at radius 1 is 1.50 bits per heavy atom. The summed E-state index contributed by atoms with van der Waals surface area (Å²) in [5, 5.41) is 3.54. The molecular weight excluding hydrogens is 126 g/mol. The van der Waals surface area contributed by atoms with Crippen molar-refractivity contribution in [3.8, 4) is 0 Å². The van der Waals surface area contributed by atoms with E-state index in [1.807, 2.05) is 0 Å². The molecule has 1 spiro atoms. The molecular formula is C8H15NO. The van der Waals surface area contributed by atoms with Gasteiger partial charge in [0.1, 0.15) is 0 Å². The minimum absolute atomic E-state index is 0.400. The molecule has 0 saturated carbocycles. The molecule has 0 aromatic carbocycles. The first-order chi connectivity index (χ1) is 4.81. The largest absolute Gasteiger partial charge is 0.377 e. The maximum Gasteiger partial charge on any atom is 0.0672 e. The van der Waals surface area contributed by atoms with Gasteiger partial charge in [0.25, 0.3) is 0 Å². The van der Waals surface area contributed by atoms with Crippen molar-refractivity contribution in [1.29, 1.82) is 0 Å². The molecule has 0 aromatic rings. The van der Waals surface area contributed by atoms with Crippen LogP contribution in [0, 0.1) is 5.92 Å². The number of piperidine rings is 1. The fraction of sp³-hybridized carbons (Fsp3) is 1.00. The van der Waals surface area contributed by atoms with E-state index in [9.17, 15) is 0 Å². The van der Waals surface area contributed by atoms with Crippen molar-refractivity contribution in [2.75, 3.05) is 19.8 Å². The molecule has 2 saturated heterocycles. The Labute approximate surface area is 61.9 Å². The molecule has 0 unspecified atom stereocenters. The SMILES string of the molecule is C[C@@H]1CCNC2(COC2)C1. The van der Waals surface area contributed by atoms with E-state index in [1.54, 1.807) is 0 Å². The lowest BCUT2D eigenvalue weighted by molar-refractivity contribution is -0.0938. The van der Waals surface area contributed by atoms with E-state index < -0.39 is 0 Å². The molecule has 2 aliphatic heterocycles. The molecule has 0 bridgehead atoms. The van der Waals surface area contributed by atoms with Crippen LogP contribution >= 0.6 is 0 Å². The number of hydrogen-bond acceptors (Lipinski definition) is 2. The summed E-state index contributed by atoms with van der Waals surface area (Å²) in [4.78, 5) is 0. The van der Waals surface area contributed by atoms with Crippen molar-refractivity contribution < 1.29 is 4.74 Å². The zero-order valence-electron chi connectivity index (χ0n) is 6.52. The van der Waals surface area contributed by atoms with Gasteiger partial charge in [-0.3, -0.25) is 0 Å². The summed E-state index contributed by atoms with van der Waals surface area (Å²) in [5.74, 6) is 0.894. The van der Waals surface area contributed by atoms with Gasteiger partial charge >= 0.3 is 0 Å². The van der Waals surface area contributed by atoms with Crippen molar-refractivity contribution in [2.24, 2.45) is 5.92 Å². The van der Waals surface area contributed by atoms with Gasteiger partial charge in [-0.25, -0.2) is 0 Å². The summed E-state index contributed by atoms with van der Waals surface area (Å²) in [6.45, 7) is 5.40. The molecule has 0 amide bonds. The molecule has 10 heavy (non-hydrogen) atoms.